The molecule has 2 aromatic carbocycles. The maximum absolute atomic E-state index is 2.57. The molecule has 0 N–H and O–H groups in total. The second-order valence-electron chi connectivity index (χ2n) is 7.06. The first-order valence-corrected chi connectivity index (χ1v) is 8.88. The number of hydrogen-bond acceptors (Lipinski definition) is 1. The molecule has 0 bridgehead atoms. The molecule has 1 nitrogen and oxygen atoms in total. The van der Waals surface area contributed by atoms with Crippen LogP contribution >= 0.6 is 0 Å². The zero-order chi connectivity index (χ0) is 15.6. The highest BCUT2D eigenvalue weighted by molar-refractivity contribution is 5.84. The molecule has 1 aliphatic heterocycles. The molecule has 1 aliphatic carbocycles. The fraction of sp³-hybridized carbons (Fsp3) is 0.364. The molecule has 1 heterocycles. The van der Waals surface area contributed by atoms with Crippen LogP contribution in [0.25, 0.3) is 5.57 Å². The van der Waals surface area contributed by atoms with Crippen LogP contribution in [0.5, 0.6) is 0 Å². The van der Waals surface area contributed by atoms with Crippen molar-refractivity contribution in [1.82, 2.24) is 4.90 Å². The number of rotatable bonds is 1. The zero-order valence-corrected chi connectivity index (χ0v) is 14.0. The van der Waals surface area contributed by atoms with Crippen molar-refractivity contribution in [1.29, 1.82) is 0 Å². The number of likely N-dealkylation sites (tertiary alicyclic amines) is 1. The van der Waals surface area contributed by atoms with Gasteiger partial charge < -0.3 is 4.90 Å². The molecule has 1 heteroatoms. The van der Waals surface area contributed by atoms with Crippen molar-refractivity contribution in [2.75, 3.05) is 20.1 Å². The lowest BCUT2D eigenvalue weighted by atomic mass is 9.88. The van der Waals surface area contributed by atoms with Crippen LogP contribution < -0.4 is 0 Å². The van der Waals surface area contributed by atoms with E-state index in [2.05, 4.69) is 66.6 Å². The molecule has 2 aromatic rings. The van der Waals surface area contributed by atoms with Crippen molar-refractivity contribution in [2.24, 2.45) is 5.92 Å². The van der Waals surface area contributed by atoms with E-state index in [1.165, 1.54) is 53.8 Å². The van der Waals surface area contributed by atoms with Gasteiger partial charge in [-0.2, -0.15) is 0 Å². The molecule has 0 amide bonds. The Morgan fingerprint density at radius 2 is 1.52 bits per heavy atom. The van der Waals surface area contributed by atoms with Crippen molar-refractivity contribution in [3.63, 3.8) is 0 Å². The van der Waals surface area contributed by atoms with E-state index in [0.717, 1.165) is 12.8 Å². The van der Waals surface area contributed by atoms with E-state index in [1.54, 1.807) is 0 Å². The summed E-state index contributed by atoms with van der Waals surface area (Å²) in [6.45, 7) is 2.43. The van der Waals surface area contributed by atoms with Crippen molar-refractivity contribution in [3.8, 4) is 0 Å². The van der Waals surface area contributed by atoms with Crippen LogP contribution in [0.3, 0.4) is 0 Å². The summed E-state index contributed by atoms with van der Waals surface area (Å²) >= 11 is 0. The van der Waals surface area contributed by atoms with Crippen LogP contribution in [0, 0.1) is 5.92 Å². The van der Waals surface area contributed by atoms with Crippen LogP contribution in [0.2, 0.25) is 0 Å². The summed E-state index contributed by atoms with van der Waals surface area (Å²) in [5.41, 5.74) is 7.36. The number of aryl methyl sites for hydroxylation is 2. The highest BCUT2D eigenvalue weighted by Crippen LogP contribution is 2.35. The minimum absolute atomic E-state index is 0.669. The van der Waals surface area contributed by atoms with Gasteiger partial charge in [0.1, 0.15) is 0 Å². The summed E-state index contributed by atoms with van der Waals surface area (Å²) in [5, 5.41) is 0. The van der Waals surface area contributed by atoms with Gasteiger partial charge in [0.25, 0.3) is 0 Å². The first-order valence-electron chi connectivity index (χ1n) is 8.88. The van der Waals surface area contributed by atoms with Gasteiger partial charge in [-0.3, -0.25) is 0 Å². The summed E-state index contributed by atoms with van der Waals surface area (Å²) in [5.74, 6) is 0.669. The lowest BCUT2D eigenvalue weighted by Gasteiger charge is -2.28. The monoisotopic (exact) mass is 303 g/mol. The molecule has 2 aliphatic rings. The number of hydrogen-bond donors (Lipinski definition) is 0. The van der Waals surface area contributed by atoms with Gasteiger partial charge in [0.2, 0.25) is 0 Å². The first kappa shape index (κ1) is 14.7. The van der Waals surface area contributed by atoms with Gasteiger partial charge in [0.15, 0.2) is 0 Å². The fourth-order valence-corrected chi connectivity index (χ4v) is 4.17. The lowest BCUT2D eigenvalue weighted by Crippen LogP contribution is -2.31. The maximum atomic E-state index is 2.57. The van der Waals surface area contributed by atoms with Gasteiger partial charge in [0.05, 0.1) is 0 Å². The molecule has 1 atom stereocenters. The van der Waals surface area contributed by atoms with Gasteiger partial charge in [-0.15, -0.1) is 0 Å². The largest absolute Gasteiger partial charge is 0.306 e. The molecule has 23 heavy (non-hydrogen) atoms. The third-order valence-corrected chi connectivity index (χ3v) is 5.34. The van der Waals surface area contributed by atoms with Crippen LogP contribution in [0.4, 0.5) is 0 Å². The third-order valence-electron chi connectivity index (χ3n) is 5.34. The van der Waals surface area contributed by atoms with E-state index in [0.29, 0.717) is 5.92 Å². The average molecular weight is 303 g/mol. The second kappa shape index (κ2) is 6.33. The van der Waals surface area contributed by atoms with Crippen LogP contribution in [-0.2, 0) is 12.8 Å². The maximum Gasteiger partial charge on any atom is 0.00416 e. The molecular weight excluding hydrogens is 278 g/mol. The summed E-state index contributed by atoms with van der Waals surface area (Å²) < 4.78 is 0. The summed E-state index contributed by atoms with van der Waals surface area (Å²) in [7, 11) is 2.25. The normalized spacial score (nSPS) is 21.3. The van der Waals surface area contributed by atoms with Gasteiger partial charge >= 0.3 is 0 Å². The Bertz CT molecular complexity index is 679. The Labute approximate surface area is 139 Å². The Balaban J connectivity index is 1.83. The Hall–Kier alpha value is -1.86. The number of nitrogens with zero attached hydrogens (tertiary/aromatic N) is 1. The smallest absolute Gasteiger partial charge is 0.00416 e. The Morgan fingerprint density at radius 3 is 2.13 bits per heavy atom. The molecule has 0 saturated carbocycles. The van der Waals surface area contributed by atoms with E-state index < -0.39 is 0 Å². The molecule has 0 spiro atoms. The second-order valence-corrected chi connectivity index (χ2v) is 7.06. The molecule has 1 fully saturated rings. The molecule has 0 aromatic heterocycles. The van der Waals surface area contributed by atoms with E-state index in [1.807, 2.05) is 0 Å². The van der Waals surface area contributed by atoms with Crippen molar-refractivity contribution >= 4 is 5.57 Å². The van der Waals surface area contributed by atoms with Crippen molar-refractivity contribution in [2.45, 2.75) is 25.7 Å². The Kier molecular flexibility index (Phi) is 4.05. The lowest BCUT2D eigenvalue weighted by molar-refractivity contribution is 0.238. The minimum atomic E-state index is 0.669. The van der Waals surface area contributed by atoms with Crippen molar-refractivity contribution < 1.29 is 0 Å². The Morgan fingerprint density at radius 1 is 0.913 bits per heavy atom. The van der Waals surface area contributed by atoms with Gasteiger partial charge in [-0.05, 0) is 73.0 Å². The fourth-order valence-electron chi connectivity index (χ4n) is 4.17. The molecule has 1 unspecified atom stereocenters. The van der Waals surface area contributed by atoms with Gasteiger partial charge in [-0.1, -0.05) is 54.6 Å². The van der Waals surface area contributed by atoms with E-state index in [9.17, 15) is 0 Å². The summed E-state index contributed by atoms with van der Waals surface area (Å²) in [4.78, 5) is 2.47. The predicted molar refractivity (Wildman–Crippen MR) is 97.6 cm³/mol. The highest BCUT2D eigenvalue weighted by atomic mass is 15.1. The summed E-state index contributed by atoms with van der Waals surface area (Å²) in [6.07, 6.45) is 7.50. The minimum Gasteiger partial charge on any atom is -0.306 e. The molecular formula is C22H25N. The number of piperidine rings is 1. The molecule has 0 radical (unpaired) electrons. The summed E-state index contributed by atoms with van der Waals surface area (Å²) in [6, 6.07) is 18.0. The standard InChI is InChI=1S/C22H25N/c1-23-14-6-7-17(16-23)15-22-20-10-4-2-8-18(20)12-13-19-9-3-5-11-21(19)22/h2-5,8-11,15,17H,6-7,12-14,16H2,1H3. The topological polar surface area (TPSA) is 3.24 Å². The average Bonchev–Trinajstić information content (AvgIpc) is 2.73. The molecule has 118 valence electrons. The van der Waals surface area contributed by atoms with Crippen LogP contribution in [0.1, 0.15) is 35.1 Å². The first-order chi connectivity index (χ1) is 11.3. The number of benzene rings is 2. The predicted octanol–water partition coefficient (Wildman–Crippen LogP) is 4.56. The van der Waals surface area contributed by atoms with Gasteiger partial charge in [0, 0.05) is 6.54 Å². The quantitative estimate of drug-likeness (QED) is 0.746. The van der Waals surface area contributed by atoms with Crippen molar-refractivity contribution in [3.05, 3.63) is 76.9 Å². The molecule has 4 rings (SSSR count). The number of fused-ring (bicyclic) bond motifs is 2. The van der Waals surface area contributed by atoms with E-state index in [4.69, 9.17) is 0 Å². The zero-order valence-electron chi connectivity index (χ0n) is 14.0. The van der Waals surface area contributed by atoms with Crippen LogP contribution in [-0.4, -0.2) is 25.0 Å². The van der Waals surface area contributed by atoms with Crippen LogP contribution in [0.15, 0.2) is 54.6 Å². The van der Waals surface area contributed by atoms with E-state index >= 15 is 0 Å². The third kappa shape index (κ3) is 2.98. The SMILES string of the molecule is CN1CCCC(C=C2c3ccccc3CCc3ccccc32)C1. The van der Waals surface area contributed by atoms with Gasteiger partial charge in [-0.25, -0.2) is 0 Å². The van der Waals surface area contributed by atoms with E-state index in [-0.39, 0.29) is 0 Å². The molecule has 1 saturated heterocycles. The highest BCUT2D eigenvalue weighted by Gasteiger charge is 2.21.